The third-order valence-corrected chi connectivity index (χ3v) is 6.99. The van der Waals surface area contributed by atoms with Crippen LogP contribution in [0.3, 0.4) is 0 Å². The van der Waals surface area contributed by atoms with Crippen LogP contribution < -0.4 is 0 Å². The van der Waals surface area contributed by atoms with E-state index in [9.17, 15) is 0 Å². The first-order chi connectivity index (χ1) is 17.3. The van der Waals surface area contributed by atoms with Crippen molar-refractivity contribution in [3.05, 3.63) is 60.9 Å². The van der Waals surface area contributed by atoms with Gasteiger partial charge in [0.1, 0.15) is 40.3 Å². The van der Waals surface area contributed by atoms with E-state index in [0.717, 1.165) is 38.1 Å². The van der Waals surface area contributed by atoms with Crippen molar-refractivity contribution in [2.24, 2.45) is 0 Å². The molecule has 0 amide bonds. The summed E-state index contributed by atoms with van der Waals surface area (Å²) in [6.07, 6.45) is 10.2. The minimum absolute atomic E-state index is 0.446. The summed E-state index contributed by atoms with van der Waals surface area (Å²) in [5.74, 6) is 1.05. The lowest BCUT2D eigenvalue weighted by molar-refractivity contribution is 0.423. The number of imidazole rings is 1. The number of H-pyrrole nitrogens is 3. The van der Waals surface area contributed by atoms with Crippen LogP contribution in [0.25, 0.3) is 66.9 Å². The first-order valence-corrected chi connectivity index (χ1v) is 12.0. The van der Waals surface area contributed by atoms with Gasteiger partial charge in [-0.25, -0.2) is 15.0 Å². The van der Waals surface area contributed by atoms with E-state index in [1.807, 2.05) is 29.8 Å². The van der Waals surface area contributed by atoms with E-state index in [4.69, 9.17) is 13.9 Å². The number of aromatic nitrogens is 9. The summed E-state index contributed by atoms with van der Waals surface area (Å²) < 4.78 is 15.3. The van der Waals surface area contributed by atoms with Crippen molar-refractivity contribution in [3.8, 4) is 66.9 Å². The normalized spacial score (nSPS) is 11.4. The fourth-order valence-corrected chi connectivity index (χ4v) is 5.21. The fourth-order valence-electron chi connectivity index (χ4n) is 3.64. The number of rotatable bonds is 6. The van der Waals surface area contributed by atoms with Crippen LogP contribution in [0.2, 0.25) is 0 Å². The van der Waals surface area contributed by atoms with E-state index in [2.05, 4.69) is 39.7 Å². The summed E-state index contributed by atoms with van der Waals surface area (Å²) in [5, 5.41) is 13.9. The second-order valence-electron chi connectivity index (χ2n) is 7.42. The zero-order valence-corrected chi connectivity index (χ0v) is 19.2. The van der Waals surface area contributed by atoms with Crippen molar-refractivity contribution < 1.29 is 8.94 Å². The average Bonchev–Trinajstić information content (AvgIpc) is 3.72. The SMILES string of the molecule is c1c[nH]c(-c2coc(-c3cnc(-c4csc(-c5conc5-c5sncc5-c5ccn[nH]5)n4)[nH]3)n2)c1. The van der Waals surface area contributed by atoms with Crippen molar-refractivity contribution in [1.29, 1.82) is 0 Å². The molecule has 0 aliphatic carbocycles. The van der Waals surface area contributed by atoms with Crippen LogP contribution in [0.15, 0.2) is 69.8 Å². The van der Waals surface area contributed by atoms with Gasteiger partial charge in [0.2, 0.25) is 5.89 Å². The molecular formula is C22H13N9O2S2. The second-order valence-corrected chi connectivity index (χ2v) is 9.08. The Hall–Kier alpha value is -4.62. The van der Waals surface area contributed by atoms with Gasteiger partial charge in [-0.15, -0.1) is 11.3 Å². The van der Waals surface area contributed by atoms with Crippen LogP contribution in [0.4, 0.5) is 0 Å². The van der Waals surface area contributed by atoms with E-state index < -0.39 is 0 Å². The molecule has 7 heterocycles. The molecule has 0 fully saturated rings. The standard InChI is InChI=1S/C22H13N9O2S2/c1-2-14(23-4-1)16-9-32-21(28-16)15-7-24-20(27-15)17-10-34-22(29-17)12-8-33-31-18(12)19-11(6-26-35-19)13-3-5-25-30-13/h1-10,23H,(H,24,27)(H,25,30). The number of aromatic amines is 3. The minimum atomic E-state index is 0.446. The van der Waals surface area contributed by atoms with Gasteiger partial charge in [-0.2, -0.15) is 9.47 Å². The van der Waals surface area contributed by atoms with Gasteiger partial charge in [-0.3, -0.25) is 5.10 Å². The van der Waals surface area contributed by atoms with E-state index in [0.29, 0.717) is 28.8 Å². The Morgan fingerprint density at radius 3 is 2.83 bits per heavy atom. The Kier molecular flexibility index (Phi) is 4.53. The number of oxazole rings is 1. The zero-order valence-electron chi connectivity index (χ0n) is 17.6. The first-order valence-electron chi connectivity index (χ1n) is 10.3. The number of nitrogens with one attached hydrogen (secondary N) is 3. The molecule has 0 spiro atoms. The maximum Gasteiger partial charge on any atom is 0.245 e. The molecule has 0 atom stereocenters. The second kappa shape index (κ2) is 8.00. The molecule has 170 valence electrons. The Bertz CT molecular complexity index is 1720. The van der Waals surface area contributed by atoms with Crippen molar-refractivity contribution in [2.75, 3.05) is 0 Å². The molecule has 35 heavy (non-hydrogen) atoms. The van der Waals surface area contributed by atoms with Crippen LogP contribution in [0.1, 0.15) is 0 Å². The maximum absolute atomic E-state index is 5.63. The molecule has 0 saturated carbocycles. The lowest BCUT2D eigenvalue weighted by atomic mass is 10.1. The molecule has 3 N–H and O–H groups in total. The number of nitrogens with zero attached hydrogens (tertiary/aromatic N) is 6. The van der Waals surface area contributed by atoms with Gasteiger partial charge in [0.25, 0.3) is 0 Å². The molecule has 7 rings (SSSR count). The predicted octanol–water partition coefficient (Wildman–Crippen LogP) is 5.35. The number of hydrogen-bond donors (Lipinski definition) is 3. The lowest BCUT2D eigenvalue weighted by Gasteiger charge is -1.98. The fraction of sp³-hybridized carbons (Fsp3) is 0. The molecular weight excluding hydrogens is 486 g/mol. The van der Waals surface area contributed by atoms with Gasteiger partial charge in [0, 0.05) is 23.3 Å². The molecule has 11 nitrogen and oxygen atoms in total. The van der Waals surface area contributed by atoms with Gasteiger partial charge < -0.3 is 18.9 Å². The largest absolute Gasteiger partial charge is 0.443 e. The minimum Gasteiger partial charge on any atom is -0.443 e. The van der Waals surface area contributed by atoms with Crippen molar-refractivity contribution in [3.63, 3.8) is 0 Å². The molecule has 7 aromatic rings. The Morgan fingerprint density at radius 1 is 0.943 bits per heavy atom. The lowest BCUT2D eigenvalue weighted by Crippen LogP contribution is -1.85. The van der Waals surface area contributed by atoms with E-state index in [1.54, 1.807) is 31.1 Å². The third kappa shape index (κ3) is 3.41. The zero-order chi connectivity index (χ0) is 23.2. The number of hydrogen-bond acceptors (Lipinski definition) is 10. The molecule has 0 aliphatic heterocycles. The quantitative estimate of drug-likeness (QED) is 0.277. The van der Waals surface area contributed by atoms with Crippen molar-refractivity contribution >= 4 is 22.9 Å². The van der Waals surface area contributed by atoms with Crippen molar-refractivity contribution in [2.45, 2.75) is 0 Å². The van der Waals surface area contributed by atoms with Crippen LogP contribution >= 0.6 is 22.9 Å². The molecule has 0 bridgehead atoms. The van der Waals surface area contributed by atoms with E-state index >= 15 is 0 Å². The van der Waals surface area contributed by atoms with Gasteiger partial charge in [0.15, 0.2) is 5.82 Å². The predicted molar refractivity (Wildman–Crippen MR) is 129 cm³/mol. The summed E-state index contributed by atoms with van der Waals surface area (Å²) in [4.78, 5) is 21.0. The Labute approximate surface area is 204 Å². The highest BCUT2D eigenvalue weighted by Gasteiger charge is 2.22. The van der Waals surface area contributed by atoms with Crippen LogP contribution in [0.5, 0.6) is 0 Å². The van der Waals surface area contributed by atoms with Gasteiger partial charge in [-0.1, -0.05) is 5.16 Å². The summed E-state index contributed by atoms with van der Waals surface area (Å²) >= 11 is 2.81. The topological polar surface area (TPSA) is 151 Å². The van der Waals surface area contributed by atoms with Crippen LogP contribution in [-0.4, -0.2) is 44.6 Å². The van der Waals surface area contributed by atoms with Crippen LogP contribution in [-0.2, 0) is 0 Å². The monoisotopic (exact) mass is 499 g/mol. The number of thiazole rings is 1. The molecule has 0 saturated heterocycles. The molecule has 0 unspecified atom stereocenters. The highest BCUT2D eigenvalue weighted by molar-refractivity contribution is 7.13. The average molecular weight is 500 g/mol. The van der Waals surface area contributed by atoms with Crippen LogP contribution in [0, 0.1) is 0 Å². The summed E-state index contributed by atoms with van der Waals surface area (Å²) in [6, 6.07) is 5.73. The Morgan fingerprint density at radius 2 is 1.94 bits per heavy atom. The molecule has 0 aromatic carbocycles. The molecule has 13 heteroatoms. The van der Waals surface area contributed by atoms with E-state index in [1.165, 1.54) is 22.9 Å². The highest BCUT2D eigenvalue weighted by Crippen LogP contribution is 2.40. The summed E-state index contributed by atoms with van der Waals surface area (Å²) in [5.41, 5.74) is 6.16. The van der Waals surface area contributed by atoms with Gasteiger partial charge in [0.05, 0.1) is 34.2 Å². The Balaban J connectivity index is 1.19. The first kappa shape index (κ1) is 19.8. The molecule has 0 aliphatic rings. The van der Waals surface area contributed by atoms with Crippen molar-refractivity contribution in [1.82, 2.24) is 44.6 Å². The molecule has 7 aromatic heterocycles. The van der Waals surface area contributed by atoms with Gasteiger partial charge >= 0.3 is 0 Å². The third-order valence-electron chi connectivity index (χ3n) is 5.31. The van der Waals surface area contributed by atoms with E-state index in [-0.39, 0.29) is 0 Å². The summed E-state index contributed by atoms with van der Waals surface area (Å²) in [7, 11) is 0. The smallest absolute Gasteiger partial charge is 0.245 e. The molecule has 0 radical (unpaired) electrons. The maximum atomic E-state index is 5.63. The highest BCUT2D eigenvalue weighted by atomic mass is 32.1. The summed E-state index contributed by atoms with van der Waals surface area (Å²) in [6.45, 7) is 0. The van der Waals surface area contributed by atoms with Gasteiger partial charge in [-0.05, 0) is 29.7 Å².